The van der Waals surface area contributed by atoms with Crippen molar-refractivity contribution < 1.29 is 0 Å². The van der Waals surface area contributed by atoms with E-state index in [0.29, 0.717) is 6.04 Å². The maximum absolute atomic E-state index is 4.27. The van der Waals surface area contributed by atoms with Gasteiger partial charge in [0.25, 0.3) is 0 Å². The number of nitrogens with zero attached hydrogens (tertiary/aromatic N) is 3. The van der Waals surface area contributed by atoms with E-state index in [1.165, 1.54) is 12.8 Å². The molecule has 0 radical (unpaired) electrons. The lowest BCUT2D eigenvalue weighted by Crippen LogP contribution is -2.18. The van der Waals surface area contributed by atoms with E-state index in [9.17, 15) is 0 Å². The van der Waals surface area contributed by atoms with Crippen LogP contribution < -0.4 is 5.32 Å². The highest BCUT2D eigenvalue weighted by molar-refractivity contribution is 7.98. The van der Waals surface area contributed by atoms with Crippen LogP contribution in [0.4, 0.5) is 0 Å². The minimum absolute atomic E-state index is 0.420. The lowest BCUT2D eigenvalue weighted by molar-refractivity contribution is 0.542. The van der Waals surface area contributed by atoms with Crippen LogP contribution in [0.1, 0.15) is 31.6 Å². The molecule has 1 fully saturated rings. The zero-order valence-corrected chi connectivity index (χ0v) is 9.47. The highest BCUT2D eigenvalue weighted by Gasteiger charge is 2.22. The first-order valence-corrected chi connectivity index (χ1v) is 6.29. The molecule has 1 aromatic heterocycles. The summed E-state index contributed by atoms with van der Waals surface area (Å²) in [5.74, 6) is 1.11. The Kier molecular flexibility index (Phi) is 3.08. The summed E-state index contributed by atoms with van der Waals surface area (Å²) in [7, 11) is 0. The summed E-state index contributed by atoms with van der Waals surface area (Å²) >= 11 is 1.66. The van der Waals surface area contributed by atoms with E-state index < -0.39 is 0 Å². The molecule has 78 valence electrons. The van der Waals surface area contributed by atoms with E-state index in [4.69, 9.17) is 0 Å². The molecule has 1 aliphatic rings. The molecule has 5 heteroatoms. The Morgan fingerprint density at radius 3 is 3.00 bits per heavy atom. The molecule has 0 spiro atoms. The summed E-state index contributed by atoms with van der Waals surface area (Å²) in [6.07, 6.45) is 4.48. The summed E-state index contributed by atoms with van der Waals surface area (Å²) in [6, 6.07) is 0.420. The zero-order valence-electron chi connectivity index (χ0n) is 8.66. The zero-order chi connectivity index (χ0) is 9.97. The summed E-state index contributed by atoms with van der Waals surface area (Å²) in [6.45, 7) is 4.20. The van der Waals surface area contributed by atoms with Crippen molar-refractivity contribution in [2.24, 2.45) is 0 Å². The average Bonchev–Trinajstić information content (AvgIpc) is 2.85. The second kappa shape index (κ2) is 4.31. The minimum Gasteiger partial charge on any atom is -0.307 e. The lowest BCUT2D eigenvalue weighted by Gasteiger charge is -2.11. The Balaban J connectivity index is 2.27. The van der Waals surface area contributed by atoms with Crippen molar-refractivity contribution in [2.75, 3.05) is 12.8 Å². The number of rotatable bonds is 3. The van der Waals surface area contributed by atoms with Crippen LogP contribution >= 0.6 is 11.8 Å². The van der Waals surface area contributed by atoms with Gasteiger partial charge in [0.2, 0.25) is 0 Å². The van der Waals surface area contributed by atoms with Gasteiger partial charge in [-0.15, -0.1) is 10.2 Å². The molecule has 2 rings (SSSR count). The maximum atomic E-state index is 4.27. The Hall–Kier alpha value is -0.550. The third-order valence-corrected chi connectivity index (χ3v) is 3.28. The van der Waals surface area contributed by atoms with Gasteiger partial charge in [-0.2, -0.15) is 0 Å². The Morgan fingerprint density at radius 2 is 2.43 bits per heavy atom. The number of thioether (sulfide) groups is 1. The number of nitrogens with one attached hydrogen (secondary N) is 1. The molecule has 14 heavy (non-hydrogen) atoms. The molecule has 1 N–H and O–H groups in total. The smallest absolute Gasteiger partial charge is 0.190 e. The largest absolute Gasteiger partial charge is 0.307 e. The van der Waals surface area contributed by atoms with E-state index in [1.807, 2.05) is 6.26 Å². The predicted octanol–water partition coefficient (Wildman–Crippen LogP) is 1.44. The molecule has 0 aliphatic carbocycles. The van der Waals surface area contributed by atoms with Crippen molar-refractivity contribution >= 4 is 11.8 Å². The molecule has 1 saturated heterocycles. The summed E-state index contributed by atoms with van der Waals surface area (Å²) in [4.78, 5) is 0. The van der Waals surface area contributed by atoms with Crippen LogP contribution in [0.2, 0.25) is 0 Å². The van der Waals surface area contributed by atoms with Crippen molar-refractivity contribution in [2.45, 2.75) is 37.5 Å². The van der Waals surface area contributed by atoms with Crippen LogP contribution in [-0.2, 0) is 6.54 Å². The van der Waals surface area contributed by atoms with Gasteiger partial charge in [0.1, 0.15) is 0 Å². The van der Waals surface area contributed by atoms with Gasteiger partial charge in [-0.05, 0) is 32.6 Å². The number of hydrogen-bond donors (Lipinski definition) is 1. The van der Waals surface area contributed by atoms with E-state index in [0.717, 1.165) is 24.1 Å². The van der Waals surface area contributed by atoms with Gasteiger partial charge < -0.3 is 9.88 Å². The predicted molar refractivity (Wildman–Crippen MR) is 57.5 cm³/mol. The molecular weight excluding hydrogens is 196 g/mol. The van der Waals surface area contributed by atoms with E-state index in [1.54, 1.807) is 11.8 Å². The van der Waals surface area contributed by atoms with Gasteiger partial charge in [0, 0.05) is 6.54 Å². The molecule has 1 atom stereocenters. The first kappa shape index (κ1) is 9.98. The SMILES string of the molecule is CCn1c(SC)nnc1[C@H]1CCCN1. The highest BCUT2D eigenvalue weighted by atomic mass is 32.2. The van der Waals surface area contributed by atoms with Gasteiger partial charge in [-0.25, -0.2) is 0 Å². The van der Waals surface area contributed by atoms with E-state index in [-0.39, 0.29) is 0 Å². The molecule has 0 amide bonds. The van der Waals surface area contributed by atoms with Crippen molar-refractivity contribution in [1.82, 2.24) is 20.1 Å². The fourth-order valence-electron chi connectivity index (χ4n) is 1.91. The monoisotopic (exact) mass is 212 g/mol. The quantitative estimate of drug-likeness (QED) is 0.770. The molecule has 1 aromatic rings. The van der Waals surface area contributed by atoms with Crippen LogP contribution in [-0.4, -0.2) is 27.6 Å². The minimum atomic E-state index is 0.420. The van der Waals surface area contributed by atoms with E-state index >= 15 is 0 Å². The van der Waals surface area contributed by atoms with Gasteiger partial charge in [0.15, 0.2) is 11.0 Å². The fourth-order valence-corrected chi connectivity index (χ4v) is 2.48. The van der Waals surface area contributed by atoms with Crippen LogP contribution in [0, 0.1) is 0 Å². The molecule has 4 nitrogen and oxygen atoms in total. The summed E-state index contributed by atoms with van der Waals surface area (Å²) in [5, 5.41) is 12.9. The molecule has 2 heterocycles. The molecule has 0 bridgehead atoms. The summed E-state index contributed by atoms with van der Waals surface area (Å²) in [5.41, 5.74) is 0. The van der Waals surface area contributed by atoms with Crippen molar-refractivity contribution in [3.05, 3.63) is 5.82 Å². The Bertz CT molecular complexity index is 304. The first-order chi connectivity index (χ1) is 6.86. The maximum Gasteiger partial charge on any atom is 0.190 e. The summed E-state index contributed by atoms with van der Waals surface area (Å²) < 4.78 is 2.20. The second-order valence-electron chi connectivity index (χ2n) is 3.44. The molecular formula is C9H16N4S. The average molecular weight is 212 g/mol. The van der Waals surface area contributed by atoms with Crippen LogP contribution in [0.15, 0.2) is 5.16 Å². The molecule has 0 unspecified atom stereocenters. The second-order valence-corrected chi connectivity index (χ2v) is 4.21. The standard InChI is InChI=1S/C9H16N4S/c1-3-13-8(7-5-4-6-10-7)11-12-9(13)14-2/h7,10H,3-6H2,1-2H3/t7-/m1/s1. The van der Waals surface area contributed by atoms with Gasteiger partial charge in [-0.1, -0.05) is 11.8 Å². The van der Waals surface area contributed by atoms with Crippen molar-refractivity contribution in [1.29, 1.82) is 0 Å². The third kappa shape index (κ3) is 1.66. The lowest BCUT2D eigenvalue weighted by atomic mass is 10.2. The van der Waals surface area contributed by atoms with Crippen LogP contribution in [0.25, 0.3) is 0 Å². The van der Waals surface area contributed by atoms with Crippen LogP contribution in [0.5, 0.6) is 0 Å². The molecule has 0 saturated carbocycles. The molecule has 0 aromatic carbocycles. The van der Waals surface area contributed by atoms with Gasteiger partial charge in [-0.3, -0.25) is 0 Å². The number of aromatic nitrogens is 3. The highest BCUT2D eigenvalue weighted by Crippen LogP contribution is 2.24. The Labute approximate surface area is 88.5 Å². The van der Waals surface area contributed by atoms with E-state index in [2.05, 4.69) is 27.0 Å². The first-order valence-electron chi connectivity index (χ1n) is 5.07. The van der Waals surface area contributed by atoms with Crippen molar-refractivity contribution in [3.8, 4) is 0 Å². The normalized spacial score (nSPS) is 21.7. The van der Waals surface area contributed by atoms with Gasteiger partial charge in [0.05, 0.1) is 6.04 Å². The molecule has 1 aliphatic heterocycles. The van der Waals surface area contributed by atoms with Crippen LogP contribution in [0.3, 0.4) is 0 Å². The van der Waals surface area contributed by atoms with Crippen molar-refractivity contribution in [3.63, 3.8) is 0 Å². The van der Waals surface area contributed by atoms with Gasteiger partial charge >= 0.3 is 0 Å². The fraction of sp³-hybridized carbons (Fsp3) is 0.778. The number of hydrogen-bond acceptors (Lipinski definition) is 4. The third-order valence-electron chi connectivity index (χ3n) is 2.62. The Morgan fingerprint density at radius 1 is 1.57 bits per heavy atom. The topological polar surface area (TPSA) is 42.7 Å².